The fourth-order valence-electron chi connectivity index (χ4n) is 4.21. The zero-order valence-electron chi connectivity index (χ0n) is 15.9. The molecule has 0 bridgehead atoms. The fraction of sp³-hybridized carbons (Fsp3) is 0.667. The Kier molecular flexibility index (Phi) is 5.34. The van der Waals surface area contributed by atoms with Gasteiger partial charge in [-0.2, -0.15) is 5.10 Å². The van der Waals surface area contributed by atoms with Crippen LogP contribution >= 0.6 is 0 Å². The molecule has 2 aromatic heterocycles. The number of aromatic nitrogens is 4. The Labute approximate surface area is 156 Å². The second-order valence-corrected chi connectivity index (χ2v) is 8.31. The first kappa shape index (κ1) is 17.7. The van der Waals surface area contributed by atoms with E-state index in [1.807, 2.05) is 30.2 Å². The van der Waals surface area contributed by atoms with E-state index in [0.29, 0.717) is 6.04 Å². The highest BCUT2D eigenvalue weighted by Crippen LogP contribution is 2.35. The van der Waals surface area contributed by atoms with Gasteiger partial charge in [-0.1, -0.05) is 6.42 Å². The number of aryl methyl sites for hydroxylation is 2. The molecular formula is C21H31N5. The maximum Gasteiger partial charge on any atom is 0.128 e. The Morgan fingerprint density at radius 3 is 2.65 bits per heavy atom. The quantitative estimate of drug-likeness (QED) is 0.824. The van der Waals surface area contributed by atoms with Gasteiger partial charge in [0, 0.05) is 37.0 Å². The molecule has 2 saturated carbocycles. The van der Waals surface area contributed by atoms with Crippen molar-refractivity contribution in [1.82, 2.24) is 19.7 Å². The molecule has 0 aromatic carbocycles. The van der Waals surface area contributed by atoms with Crippen LogP contribution in [-0.4, -0.2) is 25.8 Å². The first-order chi connectivity index (χ1) is 12.7. The molecule has 26 heavy (non-hydrogen) atoms. The average molecular weight is 354 g/mol. The Morgan fingerprint density at radius 1 is 1.12 bits per heavy atom. The summed E-state index contributed by atoms with van der Waals surface area (Å²) in [6.45, 7) is 0. The normalized spacial score (nSPS) is 23.3. The third-order valence-corrected chi connectivity index (χ3v) is 6.13. The predicted molar refractivity (Wildman–Crippen MR) is 104 cm³/mol. The number of rotatable bonds is 7. The van der Waals surface area contributed by atoms with Crippen LogP contribution < -0.4 is 5.73 Å². The summed E-state index contributed by atoms with van der Waals surface area (Å²) in [5.41, 5.74) is 9.54. The van der Waals surface area contributed by atoms with E-state index >= 15 is 0 Å². The summed E-state index contributed by atoms with van der Waals surface area (Å²) in [5.74, 6) is 2.66. The summed E-state index contributed by atoms with van der Waals surface area (Å²) in [6, 6.07) is 2.47. The molecule has 5 heteroatoms. The van der Waals surface area contributed by atoms with E-state index in [1.165, 1.54) is 62.6 Å². The first-order valence-electron chi connectivity index (χ1n) is 10.3. The highest BCUT2D eigenvalue weighted by Gasteiger charge is 2.25. The molecule has 2 aliphatic carbocycles. The first-order valence-corrected chi connectivity index (χ1v) is 10.3. The molecule has 2 aliphatic rings. The second-order valence-electron chi connectivity index (χ2n) is 8.31. The number of nitrogens with zero attached hydrogens (tertiary/aromatic N) is 4. The van der Waals surface area contributed by atoms with Crippen molar-refractivity contribution >= 4 is 0 Å². The van der Waals surface area contributed by atoms with E-state index < -0.39 is 0 Å². The maximum atomic E-state index is 6.01. The Morgan fingerprint density at radius 2 is 1.88 bits per heavy atom. The van der Waals surface area contributed by atoms with Crippen LogP contribution in [0.3, 0.4) is 0 Å². The van der Waals surface area contributed by atoms with Gasteiger partial charge < -0.3 is 5.73 Å². The van der Waals surface area contributed by atoms with Crippen molar-refractivity contribution in [3.63, 3.8) is 0 Å². The molecule has 2 N–H and O–H groups in total. The molecule has 2 heterocycles. The van der Waals surface area contributed by atoms with Crippen LogP contribution in [-0.2, 0) is 19.9 Å². The zero-order valence-corrected chi connectivity index (χ0v) is 15.9. The summed E-state index contributed by atoms with van der Waals surface area (Å²) in [4.78, 5) is 9.37. The molecule has 2 aromatic rings. The largest absolute Gasteiger partial charge is 0.328 e. The van der Waals surface area contributed by atoms with Gasteiger partial charge >= 0.3 is 0 Å². The molecule has 0 radical (unpaired) electrons. The van der Waals surface area contributed by atoms with Gasteiger partial charge in [0.2, 0.25) is 0 Å². The molecule has 0 spiro atoms. The molecule has 5 nitrogen and oxygen atoms in total. The molecular weight excluding hydrogens is 322 g/mol. The van der Waals surface area contributed by atoms with E-state index in [0.717, 1.165) is 36.2 Å². The lowest BCUT2D eigenvalue weighted by Crippen LogP contribution is -2.26. The summed E-state index contributed by atoms with van der Waals surface area (Å²) >= 11 is 0. The summed E-state index contributed by atoms with van der Waals surface area (Å²) in [6.07, 6.45) is 16.1. The SMILES string of the molecule is Cn1ncc(-c2ccnc(CCC[C@H]3CC[C@H](N)CC3)n2)c1CC1CC1. The van der Waals surface area contributed by atoms with Crippen LogP contribution in [0.2, 0.25) is 0 Å². The van der Waals surface area contributed by atoms with Crippen molar-refractivity contribution in [2.45, 2.75) is 70.3 Å². The second kappa shape index (κ2) is 7.87. The van der Waals surface area contributed by atoms with Crippen molar-refractivity contribution < 1.29 is 0 Å². The zero-order chi connectivity index (χ0) is 17.9. The van der Waals surface area contributed by atoms with Gasteiger partial charge in [0.15, 0.2) is 0 Å². The van der Waals surface area contributed by atoms with E-state index in [9.17, 15) is 0 Å². The minimum Gasteiger partial charge on any atom is -0.328 e. The van der Waals surface area contributed by atoms with Crippen LogP contribution in [0.15, 0.2) is 18.5 Å². The van der Waals surface area contributed by atoms with Crippen LogP contribution in [0, 0.1) is 11.8 Å². The minimum absolute atomic E-state index is 0.440. The molecule has 4 rings (SSSR count). The van der Waals surface area contributed by atoms with Gasteiger partial charge in [-0.25, -0.2) is 9.97 Å². The molecule has 140 valence electrons. The van der Waals surface area contributed by atoms with Crippen molar-refractivity contribution in [3.05, 3.63) is 30.0 Å². The van der Waals surface area contributed by atoms with Crippen LogP contribution in [0.5, 0.6) is 0 Å². The van der Waals surface area contributed by atoms with Crippen molar-refractivity contribution in [1.29, 1.82) is 0 Å². The molecule has 0 saturated heterocycles. The molecule has 0 unspecified atom stereocenters. The topological polar surface area (TPSA) is 69.6 Å². The lowest BCUT2D eigenvalue weighted by atomic mass is 9.83. The third-order valence-electron chi connectivity index (χ3n) is 6.13. The lowest BCUT2D eigenvalue weighted by Gasteiger charge is -2.25. The number of hydrogen-bond acceptors (Lipinski definition) is 4. The van der Waals surface area contributed by atoms with Gasteiger partial charge in [0.25, 0.3) is 0 Å². The van der Waals surface area contributed by atoms with E-state index in [1.54, 1.807) is 0 Å². The van der Waals surface area contributed by atoms with E-state index in [2.05, 4.69) is 10.1 Å². The number of hydrogen-bond donors (Lipinski definition) is 1. The maximum absolute atomic E-state index is 6.01. The van der Waals surface area contributed by atoms with Gasteiger partial charge in [-0.05, 0) is 69.3 Å². The van der Waals surface area contributed by atoms with Crippen LogP contribution in [0.4, 0.5) is 0 Å². The van der Waals surface area contributed by atoms with Gasteiger partial charge in [0.05, 0.1) is 11.9 Å². The molecule has 0 amide bonds. The third kappa shape index (κ3) is 4.32. The summed E-state index contributed by atoms with van der Waals surface area (Å²) < 4.78 is 2.02. The predicted octanol–water partition coefficient (Wildman–Crippen LogP) is 3.67. The minimum atomic E-state index is 0.440. The van der Waals surface area contributed by atoms with Crippen molar-refractivity contribution in [3.8, 4) is 11.3 Å². The Hall–Kier alpha value is -1.75. The summed E-state index contributed by atoms with van der Waals surface area (Å²) in [7, 11) is 2.04. The van der Waals surface area contributed by atoms with Gasteiger partial charge in [0.1, 0.15) is 5.82 Å². The molecule has 2 fully saturated rings. The Balaban J connectivity index is 1.37. The monoisotopic (exact) mass is 353 g/mol. The molecule has 0 aliphatic heterocycles. The van der Waals surface area contributed by atoms with Crippen molar-refractivity contribution in [2.24, 2.45) is 24.6 Å². The lowest BCUT2D eigenvalue weighted by molar-refractivity contribution is 0.305. The number of nitrogens with two attached hydrogens (primary N) is 1. The van der Waals surface area contributed by atoms with Crippen LogP contribution in [0.25, 0.3) is 11.3 Å². The Bertz CT molecular complexity index is 726. The smallest absolute Gasteiger partial charge is 0.128 e. The molecule has 0 atom stereocenters. The van der Waals surface area contributed by atoms with Gasteiger partial charge in [-0.3, -0.25) is 4.68 Å². The standard InChI is InChI=1S/C21H31N5/c1-26-20(13-16-5-6-16)18(14-24-26)19-11-12-23-21(25-19)4-2-3-15-7-9-17(22)10-8-15/h11-12,14-17H,2-10,13,22H2,1H3/t15-,17-. The van der Waals surface area contributed by atoms with Crippen LogP contribution in [0.1, 0.15) is 62.9 Å². The summed E-state index contributed by atoms with van der Waals surface area (Å²) in [5, 5.41) is 4.48. The fourth-order valence-corrected chi connectivity index (χ4v) is 4.21. The van der Waals surface area contributed by atoms with Crippen molar-refractivity contribution in [2.75, 3.05) is 0 Å². The average Bonchev–Trinajstić information content (AvgIpc) is 3.40. The van der Waals surface area contributed by atoms with E-state index in [4.69, 9.17) is 10.7 Å². The van der Waals surface area contributed by atoms with Gasteiger partial charge in [-0.15, -0.1) is 0 Å². The highest BCUT2D eigenvalue weighted by atomic mass is 15.3. The van der Waals surface area contributed by atoms with E-state index in [-0.39, 0.29) is 0 Å². The highest BCUT2D eigenvalue weighted by molar-refractivity contribution is 5.61.